The molecule has 3 atom stereocenters. The smallest absolute Gasteiger partial charge is 0.183 e. The highest BCUT2D eigenvalue weighted by atomic mass is 35.5. The summed E-state index contributed by atoms with van der Waals surface area (Å²) < 4.78 is 25.3. The molecule has 1 saturated carbocycles. The summed E-state index contributed by atoms with van der Waals surface area (Å²) in [7, 11) is -3.52. The van der Waals surface area contributed by atoms with Crippen molar-refractivity contribution in [2.24, 2.45) is 5.92 Å². The molecule has 0 bridgehead atoms. The van der Waals surface area contributed by atoms with Gasteiger partial charge < -0.3 is 0 Å². The van der Waals surface area contributed by atoms with Crippen LogP contribution in [0.15, 0.2) is 59.5 Å². The van der Waals surface area contributed by atoms with Crippen molar-refractivity contribution in [1.29, 1.82) is 5.26 Å². The Hall–Kier alpha value is -1.83. The summed E-state index contributed by atoms with van der Waals surface area (Å²) in [5.41, 5.74) is 0.895. The van der Waals surface area contributed by atoms with E-state index in [1.54, 1.807) is 12.1 Å². The molecule has 106 valence electrons. The maximum atomic E-state index is 12.7. The molecule has 0 unspecified atom stereocenters. The van der Waals surface area contributed by atoms with E-state index in [0.29, 0.717) is 5.02 Å². The number of nitrogens with zero attached hydrogens (tertiary/aromatic N) is 1. The van der Waals surface area contributed by atoms with Crippen LogP contribution in [0.4, 0.5) is 0 Å². The minimum absolute atomic E-state index is 0.218. The zero-order chi connectivity index (χ0) is 15.0. The molecule has 0 aliphatic heterocycles. The lowest BCUT2D eigenvalue weighted by molar-refractivity contribution is 0.593. The standard InChI is InChI=1S/C16H12ClNO2S/c17-12-6-8-13(9-7-12)21(19,20)16-14(10-18)15(16)11-4-2-1-3-5-11/h1-9,14-16H/t14-,15-,16+/m0/s1. The van der Waals surface area contributed by atoms with Gasteiger partial charge in [-0.2, -0.15) is 5.26 Å². The Kier molecular flexibility index (Phi) is 3.48. The number of sulfone groups is 1. The quantitative estimate of drug-likeness (QED) is 0.871. The van der Waals surface area contributed by atoms with Crippen molar-refractivity contribution in [2.75, 3.05) is 0 Å². The molecule has 2 aromatic rings. The SMILES string of the molecule is N#C[C@H]1[C@H](c2ccccc2)[C@@H]1S(=O)(=O)c1ccc(Cl)cc1. The number of halogens is 1. The Bertz CT molecular complexity index is 794. The minimum Gasteiger partial charge on any atom is -0.223 e. The highest BCUT2D eigenvalue weighted by Crippen LogP contribution is 2.53. The van der Waals surface area contributed by atoms with E-state index >= 15 is 0 Å². The molecule has 3 rings (SSSR count). The van der Waals surface area contributed by atoms with Gasteiger partial charge in [-0.15, -0.1) is 0 Å². The topological polar surface area (TPSA) is 57.9 Å². The summed E-state index contributed by atoms with van der Waals surface area (Å²) in [5, 5.41) is 9.04. The number of benzene rings is 2. The van der Waals surface area contributed by atoms with Crippen LogP contribution in [0, 0.1) is 17.2 Å². The first-order valence-electron chi connectivity index (χ1n) is 6.50. The number of hydrogen-bond donors (Lipinski definition) is 0. The van der Waals surface area contributed by atoms with Gasteiger partial charge in [0, 0.05) is 10.9 Å². The van der Waals surface area contributed by atoms with Gasteiger partial charge in [-0.05, 0) is 29.8 Å². The van der Waals surface area contributed by atoms with E-state index in [1.165, 1.54) is 12.1 Å². The van der Waals surface area contributed by atoms with Crippen molar-refractivity contribution in [3.63, 3.8) is 0 Å². The number of rotatable bonds is 3. The zero-order valence-corrected chi connectivity index (χ0v) is 12.6. The first kappa shape index (κ1) is 14.1. The van der Waals surface area contributed by atoms with Gasteiger partial charge in [-0.25, -0.2) is 8.42 Å². The van der Waals surface area contributed by atoms with Gasteiger partial charge in [-0.1, -0.05) is 41.9 Å². The largest absolute Gasteiger partial charge is 0.223 e. The molecule has 0 amide bonds. The number of hydrogen-bond acceptors (Lipinski definition) is 3. The van der Waals surface area contributed by atoms with Crippen LogP contribution in [0.3, 0.4) is 0 Å². The van der Waals surface area contributed by atoms with Crippen LogP contribution in [-0.2, 0) is 9.84 Å². The molecule has 0 N–H and O–H groups in total. The molecule has 0 saturated heterocycles. The molecule has 5 heteroatoms. The van der Waals surface area contributed by atoms with Gasteiger partial charge in [0.25, 0.3) is 0 Å². The second-order valence-corrected chi connectivity index (χ2v) is 7.60. The maximum absolute atomic E-state index is 12.7. The Morgan fingerprint density at radius 1 is 1.00 bits per heavy atom. The van der Waals surface area contributed by atoms with Gasteiger partial charge in [0.05, 0.1) is 22.1 Å². The molecule has 1 aliphatic carbocycles. The van der Waals surface area contributed by atoms with Gasteiger partial charge in [0.1, 0.15) is 0 Å². The lowest BCUT2D eigenvalue weighted by Gasteiger charge is -2.04. The molecule has 0 radical (unpaired) electrons. The lowest BCUT2D eigenvalue weighted by Crippen LogP contribution is -2.10. The van der Waals surface area contributed by atoms with Crippen molar-refractivity contribution < 1.29 is 8.42 Å². The van der Waals surface area contributed by atoms with Gasteiger partial charge >= 0.3 is 0 Å². The molecule has 3 nitrogen and oxygen atoms in total. The van der Waals surface area contributed by atoms with Crippen LogP contribution in [0.25, 0.3) is 0 Å². The molecule has 21 heavy (non-hydrogen) atoms. The second kappa shape index (κ2) is 5.18. The van der Waals surface area contributed by atoms with Crippen LogP contribution in [0.2, 0.25) is 5.02 Å². The van der Waals surface area contributed by atoms with Crippen molar-refractivity contribution >= 4 is 21.4 Å². The van der Waals surface area contributed by atoms with Crippen molar-refractivity contribution in [1.82, 2.24) is 0 Å². The average molecular weight is 318 g/mol. The summed E-state index contributed by atoms with van der Waals surface area (Å²) >= 11 is 5.79. The van der Waals surface area contributed by atoms with Crippen molar-refractivity contribution in [3.8, 4) is 6.07 Å². The third kappa shape index (κ3) is 2.44. The molecule has 0 heterocycles. The zero-order valence-electron chi connectivity index (χ0n) is 11.0. The fourth-order valence-electron chi connectivity index (χ4n) is 2.68. The van der Waals surface area contributed by atoms with Crippen LogP contribution in [-0.4, -0.2) is 13.7 Å². The molecular formula is C16H12ClNO2S. The molecule has 0 aromatic heterocycles. The summed E-state index contributed by atoms with van der Waals surface area (Å²) in [6.45, 7) is 0. The highest BCUT2D eigenvalue weighted by Gasteiger charge is 2.59. The van der Waals surface area contributed by atoms with E-state index in [0.717, 1.165) is 5.56 Å². The molecule has 1 aliphatic rings. The predicted octanol–water partition coefficient (Wildman–Crippen LogP) is 3.42. The predicted molar refractivity (Wildman–Crippen MR) is 80.7 cm³/mol. The van der Waals surface area contributed by atoms with Crippen LogP contribution < -0.4 is 0 Å². The second-order valence-electron chi connectivity index (χ2n) is 5.05. The Labute approximate surface area is 128 Å². The first-order valence-corrected chi connectivity index (χ1v) is 8.42. The molecular weight excluding hydrogens is 306 g/mol. The third-order valence-electron chi connectivity index (χ3n) is 3.79. The van der Waals surface area contributed by atoms with Gasteiger partial charge in [0.15, 0.2) is 9.84 Å². The molecule has 2 aromatic carbocycles. The first-order chi connectivity index (χ1) is 10.1. The summed E-state index contributed by atoms with van der Waals surface area (Å²) in [6, 6.07) is 17.5. The normalized spacial score (nSPS) is 24.3. The van der Waals surface area contributed by atoms with Crippen LogP contribution in [0.5, 0.6) is 0 Å². The van der Waals surface area contributed by atoms with E-state index in [1.807, 2.05) is 30.3 Å². The fourth-order valence-corrected chi connectivity index (χ4v) is 4.87. The van der Waals surface area contributed by atoms with Crippen LogP contribution in [0.1, 0.15) is 11.5 Å². The van der Waals surface area contributed by atoms with E-state index < -0.39 is 21.0 Å². The lowest BCUT2D eigenvalue weighted by atomic mass is 10.1. The van der Waals surface area contributed by atoms with Crippen LogP contribution >= 0.6 is 11.6 Å². The Morgan fingerprint density at radius 3 is 2.19 bits per heavy atom. The maximum Gasteiger partial charge on any atom is 0.183 e. The minimum atomic E-state index is -3.52. The average Bonchev–Trinajstić information content (AvgIpc) is 3.24. The van der Waals surface area contributed by atoms with Gasteiger partial charge in [-0.3, -0.25) is 0 Å². The summed E-state index contributed by atoms with van der Waals surface area (Å²) in [6.07, 6.45) is 0. The monoisotopic (exact) mass is 317 g/mol. The molecule has 0 spiro atoms. The van der Waals surface area contributed by atoms with E-state index in [9.17, 15) is 13.7 Å². The van der Waals surface area contributed by atoms with Crippen molar-refractivity contribution in [3.05, 3.63) is 65.2 Å². The fraction of sp³-hybridized carbons (Fsp3) is 0.188. The Balaban J connectivity index is 1.97. The van der Waals surface area contributed by atoms with Crippen molar-refractivity contribution in [2.45, 2.75) is 16.1 Å². The van der Waals surface area contributed by atoms with E-state index in [2.05, 4.69) is 6.07 Å². The highest BCUT2D eigenvalue weighted by molar-refractivity contribution is 7.92. The van der Waals surface area contributed by atoms with E-state index in [-0.39, 0.29) is 10.8 Å². The van der Waals surface area contributed by atoms with Gasteiger partial charge in [0.2, 0.25) is 0 Å². The molecule has 1 fully saturated rings. The third-order valence-corrected chi connectivity index (χ3v) is 6.27. The Morgan fingerprint density at radius 2 is 1.62 bits per heavy atom. The number of nitriles is 1. The summed E-state index contributed by atoms with van der Waals surface area (Å²) in [4.78, 5) is 0.218. The van der Waals surface area contributed by atoms with E-state index in [4.69, 9.17) is 11.6 Å². The summed E-state index contributed by atoms with van der Waals surface area (Å²) in [5.74, 6) is -0.745.